The number of piperidine rings is 2. The largest absolute Gasteiger partial charge is 0.458 e. The van der Waals surface area contributed by atoms with Crippen molar-refractivity contribution in [1.82, 2.24) is 4.90 Å². The Morgan fingerprint density at radius 2 is 1.82 bits per heavy atom. The summed E-state index contributed by atoms with van der Waals surface area (Å²) in [5, 5.41) is 36.7. The predicted molar refractivity (Wildman–Crippen MR) is 134 cm³/mol. The lowest BCUT2D eigenvalue weighted by Gasteiger charge is -2.72. The Labute approximate surface area is 227 Å². The summed E-state index contributed by atoms with van der Waals surface area (Å²) < 4.78 is 18.5. The third-order valence-corrected chi connectivity index (χ3v) is 12.5. The lowest BCUT2D eigenvalue weighted by atomic mass is 9.36. The highest BCUT2D eigenvalue weighted by molar-refractivity contribution is 5.73. The van der Waals surface area contributed by atoms with Crippen LogP contribution in [0.1, 0.15) is 60.3 Å². The molecule has 3 N–H and O–H groups in total. The Balaban J connectivity index is 1.48. The second-order valence-electron chi connectivity index (χ2n) is 13.9. The van der Waals surface area contributed by atoms with Crippen LogP contribution in [0.2, 0.25) is 0 Å². The van der Waals surface area contributed by atoms with E-state index in [4.69, 9.17) is 14.2 Å². The molecule has 0 radical (unpaired) electrons. The minimum Gasteiger partial charge on any atom is -0.458 e. The summed E-state index contributed by atoms with van der Waals surface area (Å²) in [4.78, 5) is 40.7. The third-order valence-electron chi connectivity index (χ3n) is 12.5. The molecule has 3 heterocycles. The maximum atomic E-state index is 13.2. The van der Waals surface area contributed by atoms with Gasteiger partial charge in [0, 0.05) is 43.2 Å². The number of hydrogen-bond donors (Lipinski definition) is 3. The molecule has 3 aliphatic heterocycles. The standard InChI is InChI=1S/C29H39NO9/c1-7-12(2)23(35)38-17-10-27-19-16-9-26-8-13(3)18(21(34)29(26,27)39-15(5)32)20(33)28(26,36)24(27)30(16)11-25(19,6)22(17)37-14(4)31/h12,16-22,24,33-34,36H,3,7-11H2,1-2,4-6H3/t12?,16-,17+,18-,19+,20?,21+,22+,24?,25-,26-,27+,28?,29-/m0/s1. The zero-order chi connectivity index (χ0) is 28.2. The first-order valence-electron chi connectivity index (χ1n) is 14.3. The van der Waals surface area contributed by atoms with E-state index >= 15 is 0 Å². The van der Waals surface area contributed by atoms with Crippen LogP contribution in [0.4, 0.5) is 0 Å². The van der Waals surface area contributed by atoms with Crippen LogP contribution < -0.4 is 0 Å². The molecule has 5 unspecified atom stereocenters. The van der Waals surface area contributed by atoms with Crippen molar-refractivity contribution in [2.24, 2.45) is 34.0 Å². The summed E-state index contributed by atoms with van der Waals surface area (Å²) in [7, 11) is 0. The van der Waals surface area contributed by atoms with Crippen LogP contribution in [0.5, 0.6) is 0 Å². The van der Waals surface area contributed by atoms with Crippen molar-refractivity contribution in [3.05, 3.63) is 12.2 Å². The molecule has 6 aliphatic carbocycles. The molecule has 0 aromatic heterocycles. The molecule has 9 fully saturated rings. The number of aliphatic hydroxyl groups excluding tert-OH is 2. The van der Waals surface area contributed by atoms with E-state index in [2.05, 4.69) is 11.5 Å². The van der Waals surface area contributed by atoms with Gasteiger partial charge in [0.1, 0.15) is 23.9 Å². The Morgan fingerprint density at radius 3 is 2.44 bits per heavy atom. The van der Waals surface area contributed by atoms with Gasteiger partial charge in [-0.05, 0) is 31.6 Å². The van der Waals surface area contributed by atoms with E-state index in [-0.39, 0.29) is 24.3 Å². The predicted octanol–water partition coefficient (Wildman–Crippen LogP) is 0.703. The minimum atomic E-state index is -1.67. The van der Waals surface area contributed by atoms with Crippen LogP contribution in [-0.4, -0.2) is 92.4 Å². The Bertz CT molecular complexity index is 1220. The fraction of sp³-hybridized carbons (Fsp3) is 0.828. The van der Waals surface area contributed by atoms with Crippen molar-refractivity contribution in [3.8, 4) is 0 Å². The molecular formula is C29H39NO9. The van der Waals surface area contributed by atoms with Crippen molar-refractivity contribution in [1.29, 1.82) is 0 Å². The van der Waals surface area contributed by atoms with E-state index in [1.165, 1.54) is 13.8 Å². The molecule has 9 rings (SSSR count). The van der Waals surface area contributed by atoms with Gasteiger partial charge in [0.2, 0.25) is 0 Å². The van der Waals surface area contributed by atoms with Gasteiger partial charge in [0.05, 0.1) is 23.5 Å². The molecule has 10 heteroatoms. The molecule has 0 amide bonds. The van der Waals surface area contributed by atoms with Crippen molar-refractivity contribution in [3.63, 3.8) is 0 Å². The van der Waals surface area contributed by atoms with Gasteiger partial charge >= 0.3 is 17.9 Å². The van der Waals surface area contributed by atoms with Crippen LogP contribution in [0.3, 0.4) is 0 Å². The van der Waals surface area contributed by atoms with E-state index in [0.29, 0.717) is 31.4 Å². The molecule has 2 spiro atoms. The Kier molecular flexibility index (Phi) is 4.82. The molecule has 0 aromatic rings. The zero-order valence-corrected chi connectivity index (χ0v) is 23.2. The average molecular weight is 546 g/mol. The molecule has 0 aromatic carbocycles. The summed E-state index contributed by atoms with van der Waals surface area (Å²) in [6, 6.07) is -0.679. The quantitative estimate of drug-likeness (QED) is 0.257. The van der Waals surface area contributed by atoms with Gasteiger partial charge in [-0.3, -0.25) is 19.3 Å². The van der Waals surface area contributed by atoms with Crippen LogP contribution in [0, 0.1) is 34.0 Å². The second kappa shape index (κ2) is 7.24. The van der Waals surface area contributed by atoms with Gasteiger partial charge in [-0.2, -0.15) is 0 Å². The number of rotatable bonds is 5. The molecule has 10 nitrogen and oxygen atoms in total. The summed E-state index contributed by atoms with van der Waals surface area (Å²) >= 11 is 0. The van der Waals surface area contributed by atoms with Gasteiger partial charge in [-0.1, -0.05) is 32.9 Å². The fourth-order valence-electron chi connectivity index (χ4n) is 11.8. The van der Waals surface area contributed by atoms with Gasteiger partial charge in [0.25, 0.3) is 0 Å². The first-order chi connectivity index (χ1) is 18.2. The SMILES string of the molecule is C=C1C[C@]23C[C@H]4[C@@H]5[C@]6(C)CN4C4C2(O)C(O)[C@H]1[C@@H](O)[C@@]3(OC(C)=O)[C@@]45C[C@@H](OC(=O)C(C)CC)[C@H]6OC(C)=O. The Hall–Kier alpha value is -2.01. The number of esters is 3. The van der Waals surface area contributed by atoms with Gasteiger partial charge < -0.3 is 29.5 Å². The summed E-state index contributed by atoms with van der Waals surface area (Å²) in [6.45, 7) is 13.0. The molecule has 39 heavy (non-hydrogen) atoms. The molecule has 6 saturated carbocycles. The summed E-state index contributed by atoms with van der Waals surface area (Å²) in [6.07, 6.45) is -2.79. The highest BCUT2D eigenvalue weighted by Crippen LogP contribution is 2.90. The number of aliphatic hydroxyl groups is 3. The van der Waals surface area contributed by atoms with Crippen molar-refractivity contribution >= 4 is 17.9 Å². The normalized spacial score (nSPS) is 57.4. The van der Waals surface area contributed by atoms with Crippen molar-refractivity contribution in [2.45, 2.75) is 108 Å². The van der Waals surface area contributed by atoms with E-state index in [0.717, 1.165) is 0 Å². The van der Waals surface area contributed by atoms with E-state index in [1.54, 1.807) is 6.92 Å². The lowest BCUT2D eigenvalue weighted by molar-refractivity contribution is -0.347. The van der Waals surface area contributed by atoms with Crippen molar-refractivity contribution in [2.75, 3.05) is 6.54 Å². The first kappa shape index (κ1) is 25.9. The fourth-order valence-corrected chi connectivity index (χ4v) is 11.8. The van der Waals surface area contributed by atoms with E-state index < -0.39 is 81.7 Å². The summed E-state index contributed by atoms with van der Waals surface area (Å²) in [5.41, 5.74) is -5.45. The highest BCUT2D eigenvalue weighted by Gasteiger charge is 3.02. The molecule has 9 aliphatic rings. The molecule has 214 valence electrons. The van der Waals surface area contributed by atoms with Gasteiger partial charge in [-0.25, -0.2) is 0 Å². The van der Waals surface area contributed by atoms with Crippen LogP contribution >= 0.6 is 0 Å². The molecule has 15 atom stereocenters. The van der Waals surface area contributed by atoms with E-state index in [1.807, 2.05) is 13.8 Å². The summed E-state index contributed by atoms with van der Waals surface area (Å²) in [5.74, 6) is -2.96. The van der Waals surface area contributed by atoms with Gasteiger partial charge in [0.15, 0.2) is 5.60 Å². The third kappa shape index (κ3) is 2.32. The van der Waals surface area contributed by atoms with E-state index in [9.17, 15) is 29.7 Å². The maximum absolute atomic E-state index is 13.2. The smallest absolute Gasteiger partial charge is 0.309 e. The maximum Gasteiger partial charge on any atom is 0.309 e. The first-order valence-corrected chi connectivity index (χ1v) is 14.3. The monoisotopic (exact) mass is 545 g/mol. The van der Waals surface area contributed by atoms with Crippen molar-refractivity contribution < 1.29 is 43.9 Å². The zero-order valence-electron chi connectivity index (χ0n) is 23.2. The van der Waals surface area contributed by atoms with Crippen LogP contribution in [-0.2, 0) is 28.6 Å². The number of nitrogens with zero attached hydrogens (tertiary/aromatic N) is 1. The van der Waals surface area contributed by atoms with Gasteiger partial charge in [-0.15, -0.1) is 0 Å². The number of hydrogen-bond acceptors (Lipinski definition) is 10. The number of carbonyl (C=O) groups excluding carboxylic acids is 3. The minimum absolute atomic E-state index is 0.0462. The lowest BCUT2D eigenvalue weighted by Crippen LogP contribution is -2.83. The number of fused-ring (bicyclic) bond motifs is 1. The second-order valence-corrected chi connectivity index (χ2v) is 13.9. The molecule has 9 bridgehead atoms. The topological polar surface area (TPSA) is 143 Å². The van der Waals surface area contributed by atoms with Crippen LogP contribution in [0.25, 0.3) is 0 Å². The number of ether oxygens (including phenoxy) is 3. The molecular weight excluding hydrogens is 506 g/mol. The molecule has 3 saturated heterocycles. The highest BCUT2D eigenvalue weighted by atomic mass is 16.6. The number of carbonyl (C=O) groups is 3. The average Bonchev–Trinajstić information content (AvgIpc) is 3.27. The Morgan fingerprint density at radius 1 is 1.13 bits per heavy atom. The van der Waals surface area contributed by atoms with Crippen LogP contribution in [0.15, 0.2) is 12.2 Å².